The van der Waals surface area contributed by atoms with Crippen LogP contribution in [0.2, 0.25) is 0 Å². The van der Waals surface area contributed by atoms with Crippen LogP contribution in [0.1, 0.15) is 70.4 Å². The van der Waals surface area contributed by atoms with Gasteiger partial charge in [0.2, 0.25) is 0 Å². The monoisotopic (exact) mass is 263 g/mol. The molecular formula is C17H29NO. The predicted molar refractivity (Wildman–Crippen MR) is 82.5 cm³/mol. The highest BCUT2D eigenvalue weighted by molar-refractivity contribution is 5.35. The van der Waals surface area contributed by atoms with E-state index in [1.165, 1.54) is 32.1 Å². The average Bonchev–Trinajstić information content (AvgIpc) is 2.46. The Kier molecular flexibility index (Phi) is 8.31. The Hall–Kier alpha value is -1.02. The Morgan fingerprint density at radius 3 is 2.42 bits per heavy atom. The van der Waals surface area contributed by atoms with Crippen molar-refractivity contribution in [3.63, 3.8) is 0 Å². The van der Waals surface area contributed by atoms with Crippen LogP contribution in [-0.2, 0) is 0 Å². The lowest BCUT2D eigenvalue weighted by molar-refractivity contribution is 0.299. The van der Waals surface area contributed by atoms with Crippen LogP contribution in [0.25, 0.3) is 0 Å². The second-order valence-corrected chi connectivity index (χ2v) is 5.17. The smallest absolute Gasteiger partial charge is 0.124 e. The van der Waals surface area contributed by atoms with E-state index in [1.54, 1.807) is 0 Å². The van der Waals surface area contributed by atoms with Gasteiger partial charge < -0.3 is 10.5 Å². The first-order valence-corrected chi connectivity index (χ1v) is 7.76. The number of nitrogens with two attached hydrogens (primary N) is 1. The van der Waals surface area contributed by atoms with E-state index in [0.29, 0.717) is 0 Å². The highest BCUT2D eigenvalue weighted by Crippen LogP contribution is 2.25. The molecule has 1 aromatic carbocycles. The molecule has 0 saturated carbocycles. The molecule has 1 aromatic rings. The molecule has 2 nitrogen and oxygen atoms in total. The second kappa shape index (κ2) is 9.85. The molecule has 108 valence electrons. The zero-order chi connectivity index (χ0) is 13.9. The van der Waals surface area contributed by atoms with Gasteiger partial charge in [-0.3, -0.25) is 0 Å². The summed E-state index contributed by atoms with van der Waals surface area (Å²) in [5.41, 5.74) is 7.24. The van der Waals surface area contributed by atoms with E-state index in [9.17, 15) is 0 Å². The van der Waals surface area contributed by atoms with Crippen molar-refractivity contribution in [2.24, 2.45) is 5.73 Å². The molecule has 0 aliphatic rings. The van der Waals surface area contributed by atoms with E-state index >= 15 is 0 Å². The number of ether oxygens (including phenoxy) is 1. The largest absolute Gasteiger partial charge is 0.493 e. The number of rotatable bonds is 10. The maximum absolute atomic E-state index is 6.10. The van der Waals surface area contributed by atoms with Crippen LogP contribution in [0.5, 0.6) is 5.75 Å². The summed E-state index contributed by atoms with van der Waals surface area (Å²) in [7, 11) is 0. The molecule has 0 fully saturated rings. The molecule has 0 heterocycles. The van der Waals surface area contributed by atoms with Crippen molar-refractivity contribution in [1.29, 1.82) is 0 Å². The Balaban J connectivity index is 2.29. The Morgan fingerprint density at radius 1 is 1.00 bits per heavy atom. The molecule has 0 saturated heterocycles. The quantitative estimate of drug-likeness (QED) is 0.613. The molecule has 0 aromatic heterocycles. The predicted octanol–water partition coefficient (Wildman–Crippen LogP) is 4.84. The molecule has 0 aliphatic carbocycles. The third-order valence-electron chi connectivity index (χ3n) is 3.51. The Bertz CT molecular complexity index is 338. The van der Waals surface area contributed by atoms with Gasteiger partial charge in [-0.2, -0.15) is 0 Å². The van der Waals surface area contributed by atoms with Crippen LogP contribution >= 0.6 is 0 Å². The molecule has 0 bridgehead atoms. The molecule has 0 spiro atoms. The molecule has 2 N–H and O–H groups in total. The number of hydrogen-bond donors (Lipinski definition) is 1. The fourth-order valence-corrected chi connectivity index (χ4v) is 2.20. The first kappa shape index (κ1) is 16.0. The molecule has 19 heavy (non-hydrogen) atoms. The van der Waals surface area contributed by atoms with E-state index in [1.807, 2.05) is 18.2 Å². The van der Waals surface area contributed by atoms with Gasteiger partial charge in [-0.15, -0.1) is 0 Å². The maximum atomic E-state index is 6.10. The first-order chi connectivity index (χ1) is 9.29. The summed E-state index contributed by atoms with van der Waals surface area (Å²) in [4.78, 5) is 0. The summed E-state index contributed by atoms with van der Waals surface area (Å²) in [5.74, 6) is 0.963. The van der Waals surface area contributed by atoms with Crippen LogP contribution in [0.15, 0.2) is 24.3 Å². The summed E-state index contributed by atoms with van der Waals surface area (Å²) >= 11 is 0. The van der Waals surface area contributed by atoms with E-state index in [0.717, 1.165) is 30.8 Å². The number of benzene rings is 1. The zero-order valence-electron chi connectivity index (χ0n) is 12.5. The fourth-order valence-electron chi connectivity index (χ4n) is 2.20. The van der Waals surface area contributed by atoms with Crippen molar-refractivity contribution in [1.82, 2.24) is 0 Å². The molecule has 0 amide bonds. The first-order valence-electron chi connectivity index (χ1n) is 7.76. The van der Waals surface area contributed by atoms with Crippen LogP contribution in [0.3, 0.4) is 0 Å². The Labute approximate surface area is 118 Å². The van der Waals surface area contributed by atoms with Gasteiger partial charge in [-0.05, 0) is 18.9 Å². The molecule has 1 unspecified atom stereocenters. The number of unbranched alkanes of at least 4 members (excludes halogenated alkanes) is 5. The van der Waals surface area contributed by atoms with Gasteiger partial charge in [0.25, 0.3) is 0 Å². The summed E-state index contributed by atoms with van der Waals surface area (Å²) in [6, 6.07) is 8.23. The van der Waals surface area contributed by atoms with Crippen LogP contribution < -0.4 is 10.5 Å². The molecule has 1 atom stereocenters. The molecule has 0 radical (unpaired) electrons. The standard InChI is InChI=1S/C17H29NO/c1-3-5-6-7-8-11-14-19-17-13-10-9-12-15(17)16(18)4-2/h9-10,12-13,16H,3-8,11,14,18H2,1-2H3. The molecule has 1 rings (SSSR count). The summed E-state index contributed by atoms with van der Waals surface area (Å²) < 4.78 is 5.89. The van der Waals surface area contributed by atoms with E-state index in [2.05, 4.69) is 19.9 Å². The van der Waals surface area contributed by atoms with Crippen molar-refractivity contribution in [2.75, 3.05) is 6.61 Å². The van der Waals surface area contributed by atoms with E-state index in [-0.39, 0.29) is 6.04 Å². The highest BCUT2D eigenvalue weighted by atomic mass is 16.5. The van der Waals surface area contributed by atoms with Gasteiger partial charge in [-0.25, -0.2) is 0 Å². The van der Waals surface area contributed by atoms with E-state index in [4.69, 9.17) is 10.5 Å². The zero-order valence-corrected chi connectivity index (χ0v) is 12.5. The lowest BCUT2D eigenvalue weighted by Crippen LogP contribution is -2.11. The number of hydrogen-bond acceptors (Lipinski definition) is 2. The van der Waals surface area contributed by atoms with Crippen molar-refractivity contribution in [3.05, 3.63) is 29.8 Å². The van der Waals surface area contributed by atoms with Crippen LogP contribution in [0, 0.1) is 0 Å². The minimum atomic E-state index is 0.0840. The lowest BCUT2D eigenvalue weighted by atomic mass is 10.0. The number of para-hydroxylation sites is 1. The van der Waals surface area contributed by atoms with Gasteiger partial charge in [0, 0.05) is 11.6 Å². The third kappa shape index (κ3) is 6.11. The highest BCUT2D eigenvalue weighted by Gasteiger charge is 2.09. The van der Waals surface area contributed by atoms with Crippen LogP contribution in [0.4, 0.5) is 0 Å². The average molecular weight is 263 g/mol. The van der Waals surface area contributed by atoms with Crippen LogP contribution in [-0.4, -0.2) is 6.61 Å². The SMILES string of the molecule is CCCCCCCCOc1ccccc1C(N)CC. The van der Waals surface area contributed by atoms with Gasteiger partial charge in [-0.1, -0.05) is 64.2 Å². The van der Waals surface area contributed by atoms with Gasteiger partial charge in [0.1, 0.15) is 5.75 Å². The molecular weight excluding hydrogens is 234 g/mol. The minimum absolute atomic E-state index is 0.0840. The second-order valence-electron chi connectivity index (χ2n) is 5.17. The summed E-state index contributed by atoms with van der Waals surface area (Å²) in [6.07, 6.45) is 8.69. The molecule has 0 aliphatic heterocycles. The van der Waals surface area contributed by atoms with Gasteiger partial charge in [0.15, 0.2) is 0 Å². The van der Waals surface area contributed by atoms with Gasteiger partial charge in [0.05, 0.1) is 6.61 Å². The lowest BCUT2D eigenvalue weighted by Gasteiger charge is -2.15. The maximum Gasteiger partial charge on any atom is 0.124 e. The van der Waals surface area contributed by atoms with E-state index < -0.39 is 0 Å². The topological polar surface area (TPSA) is 35.2 Å². The van der Waals surface area contributed by atoms with Crippen molar-refractivity contribution in [2.45, 2.75) is 64.8 Å². The fraction of sp³-hybridized carbons (Fsp3) is 0.647. The Morgan fingerprint density at radius 2 is 1.68 bits per heavy atom. The molecule has 2 heteroatoms. The third-order valence-corrected chi connectivity index (χ3v) is 3.51. The van der Waals surface area contributed by atoms with Crippen molar-refractivity contribution in [3.8, 4) is 5.75 Å². The normalized spacial score (nSPS) is 12.4. The van der Waals surface area contributed by atoms with Crippen molar-refractivity contribution < 1.29 is 4.74 Å². The summed E-state index contributed by atoms with van der Waals surface area (Å²) in [5, 5.41) is 0. The minimum Gasteiger partial charge on any atom is -0.493 e. The van der Waals surface area contributed by atoms with Gasteiger partial charge >= 0.3 is 0 Å². The summed E-state index contributed by atoms with van der Waals surface area (Å²) in [6.45, 7) is 5.16. The van der Waals surface area contributed by atoms with Crippen molar-refractivity contribution >= 4 is 0 Å².